The van der Waals surface area contributed by atoms with E-state index in [4.69, 9.17) is 4.99 Å². The first-order chi connectivity index (χ1) is 14.1. The van der Waals surface area contributed by atoms with E-state index in [1.54, 1.807) is 0 Å². The fourth-order valence-corrected chi connectivity index (χ4v) is 3.52. The highest BCUT2D eigenvalue weighted by Crippen LogP contribution is 2.19. The molecule has 3 rings (SSSR count). The molecule has 0 aliphatic rings. The minimum atomic E-state index is -0.0484. The predicted octanol–water partition coefficient (Wildman–Crippen LogP) is 5.49. The Labute approximate surface area is 176 Å². The Balaban J connectivity index is 1.68. The van der Waals surface area contributed by atoms with Crippen LogP contribution in [0.2, 0.25) is 0 Å². The van der Waals surface area contributed by atoms with Crippen molar-refractivity contribution in [3.8, 4) is 0 Å². The van der Waals surface area contributed by atoms with E-state index >= 15 is 0 Å². The van der Waals surface area contributed by atoms with Crippen molar-refractivity contribution in [3.05, 3.63) is 96.1 Å². The van der Waals surface area contributed by atoms with Crippen molar-refractivity contribution in [1.82, 2.24) is 4.90 Å². The molecule has 0 saturated heterocycles. The molecule has 3 aromatic carbocycles. The van der Waals surface area contributed by atoms with Gasteiger partial charge >= 0.3 is 0 Å². The van der Waals surface area contributed by atoms with Gasteiger partial charge in [0, 0.05) is 19.3 Å². The first-order valence-corrected chi connectivity index (χ1v) is 10.5. The SMILES string of the molecule is Cc1ccc(NC(=O)CSC(=Nc2ccccc2)N(C)Cc2ccccc2)cc1. The highest BCUT2D eigenvalue weighted by Gasteiger charge is 2.12. The van der Waals surface area contributed by atoms with Gasteiger partial charge in [-0.1, -0.05) is 78.0 Å². The second kappa shape index (κ2) is 10.5. The Morgan fingerprint density at radius 1 is 0.931 bits per heavy atom. The topological polar surface area (TPSA) is 44.7 Å². The van der Waals surface area contributed by atoms with Crippen molar-refractivity contribution in [1.29, 1.82) is 0 Å². The van der Waals surface area contributed by atoms with Crippen LogP contribution in [0.4, 0.5) is 11.4 Å². The molecule has 1 N–H and O–H groups in total. The molecule has 0 radical (unpaired) electrons. The quantitative estimate of drug-likeness (QED) is 0.437. The second-order valence-electron chi connectivity index (χ2n) is 6.77. The number of carbonyl (C=O) groups is 1. The molecule has 1 amide bonds. The number of rotatable bonds is 6. The number of thioether (sulfide) groups is 1. The van der Waals surface area contributed by atoms with Gasteiger partial charge in [-0.2, -0.15) is 0 Å². The van der Waals surface area contributed by atoms with E-state index in [1.165, 1.54) is 17.3 Å². The molecule has 0 fully saturated rings. The molecule has 5 heteroatoms. The number of anilines is 1. The molecule has 4 nitrogen and oxygen atoms in total. The molecule has 0 spiro atoms. The van der Waals surface area contributed by atoms with Crippen molar-refractivity contribution < 1.29 is 4.79 Å². The molecular formula is C24H25N3OS. The number of aliphatic imine (C=N–C) groups is 1. The van der Waals surface area contributed by atoms with E-state index in [9.17, 15) is 4.79 Å². The van der Waals surface area contributed by atoms with Gasteiger partial charge in [0.2, 0.25) is 5.91 Å². The summed E-state index contributed by atoms with van der Waals surface area (Å²) >= 11 is 1.44. The fourth-order valence-electron chi connectivity index (χ4n) is 2.73. The number of hydrogen-bond donors (Lipinski definition) is 1. The van der Waals surface area contributed by atoms with Gasteiger partial charge in [0.05, 0.1) is 11.4 Å². The summed E-state index contributed by atoms with van der Waals surface area (Å²) in [5.41, 5.74) is 4.03. The molecule has 0 bridgehead atoms. The van der Waals surface area contributed by atoms with E-state index in [-0.39, 0.29) is 5.91 Å². The lowest BCUT2D eigenvalue weighted by Crippen LogP contribution is -2.25. The van der Waals surface area contributed by atoms with Crippen molar-refractivity contribution in [2.75, 3.05) is 18.1 Å². The number of hydrogen-bond acceptors (Lipinski definition) is 3. The summed E-state index contributed by atoms with van der Waals surface area (Å²) in [6, 6.07) is 27.8. The van der Waals surface area contributed by atoms with Gasteiger partial charge < -0.3 is 10.2 Å². The summed E-state index contributed by atoms with van der Waals surface area (Å²) in [5.74, 6) is 0.242. The third-order valence-corrected chi connectivity index (χ3v) is 5.31. The van der Waals surface area contributed by atoms with Crippen LogP contribution >= 0.6 is 11.8 Å². The number of amides is 1. The summed E-state index contributed by atoms with van der Waals surface area (Å²) in [7, 11) is 2.00. The first kappa shape index (κ1) is 20.7. The number of para-hydroxylation sites is 1. The van der Waals surface area contributed by atoms with Crippen LogP contribution in [0.25, 0.3) is 0 Å². The molecular weight excluding hydrogens is 378 g/mol. The van der Waals surface area contributed by atoms with Gasteiger partial charge in [-0.05, 0) is 36.8 Å². The highest BCUT2D eigenvalue weighted by atomic mass is 32.2. The van der Waals surface area contributed by atoms with Crippen molar-refractivity contribution in [2.45, 2.75) is 13.5 Å². The van der Waals surface area contributed by atoms with E-state index < -0.39 is 0 Å². The van der Waals surface area contributed by atoms with Crippen LogP contribution < -0.4 is 5.32 Å². The molecule has 0 heterocycles. The number of benzene rings is 3. The largest absolute Gasteiger partial charge is 0.350 e. The number of nitrogens with one attached hydrogen (secondary N) is 1. The van der Waals surface area contributed by atoms with Gasteiger partial charge in [0.25, 0.3) is 0 Å². The maximum atomic E-state index is 12.4. The van der Waals surface area contributed by atoms with E-state index in [1.807, 2.05) is 86.8 Å². The molecule has 0 atom stereocenters. The van der Waals surface area contributed by atoms with E-state index in [0.717, 1.165) is 28.7 Å². The Kier molecular flexibility index (Phi) is 7.47. The predicted molar refractivity (Wildman–Crippen MR) is 124 cm³/mol. The maximum absolute atomic E-state index is 12.4. The lowest BCUT2D eigenvalue weighted by Gasteiger charge is -2.21. The van der Waals surface area contributed by atoms with Gasteiger partial charge in [0.15, 0.2) is 5.17 Å². The first-order valence-electron chi connectivity index (χ1n) is 9.48. The number of aryl methyl sites for hydroxylation is 1. The smallest absolute Gasteiger partial charge is 0.234 e. The lowest BCUT2D eigenvalue weighted by molar-refractivity contribution is -0.113. The lowest BCUT2D eigenvalue weighted by atomic mass is 10.2. The van der Waals surface area contributed by atoms with Crippen molar-refractivity contribution >= 4 is 34.2 Å². The summed E-state index contributed by atoms with van der Waals surface area (Å²) in [5, 5.41) is 3.75. The molecule has 29 heavy (non-hydrogen) atoms. The average Bonchev–Trinajstić information content (AvgIpc) is 2.74. The summed E-state index contributed by atoms with van der Waals surface area (Å²) < 4.78 is 0. The normalized spacial score (nSPS) is 11.2. The van der Waals surface area contributed by atoms with Crippen molar-refractivity contribution in [3.63, 3.8) is 0 Å². The van der Waals surface area contributed by atoms with Crippen molar-refractivity contribution in [2.24, 2.45) is 4.99 Å². The Morgan fingerprint density at radius 3 is 2.21 bits per heavy atom. The zero-order chi connectivity index (χ0) is 20.5. The Hall–Kier alpha value is -3.05. The molecule has 0 saturated carbocycles. The van der Waals surface area contributed by atoms with Crippen LogP contribution in [0.15, 0.2) is 89.9 Å². The summed E-state index contributed by atoms with van der Waals surface area (Å²) in [4.78, 5) is 19.3. The molecule has 0 unspecified atom stereocenters. The van der Waals surface area contributed by atoms with Crippen LogP contribution in [-0.4, -0.2) is 28.8 Å². The van der Waals surface area contributed by atoms with Crippen LogP contribution in [0, 0.1) is 6.92 Å². The average molecular weight is 404 g/mol. The van der Waals surface area contributed by atoms with E-state index in [2.05, 4.69) is 22.3 Å². The Morgan fingerprint density at radius 2 is 1.55 bits per heavy atom. The monoisotopic (exact) mass is 403 g/mol. The number of carbonyl (C=O) groups excluding carboxylic acids is 1. The molecule has 148 valence electrons. The number of amidine groups is 1. The maximum Gasteiger partial charge on any atom is 0.234 e. The third kappa shape index (κ3) is 6.80. The van der Waals surface area contributed by atoms with Crippen LogP contribution in [-0.2, 0) is 11.3 Å². The molecule has 0 aliphatic heterocycles. The van der Waals surface area contributed by atoms with Crippen LogP contribution in [0.3, 0.4) is 0 Å². The van der Waals surface area contributed by atoms with Crippen LogP contribution in [0.5, 0.6) is 0 Å². The summed E-state index contributed by atoms with van der Waals surface area (Å²) in [6.07, 6.45) is 0. The van der Waals surface area contributed by atoms with Gasteiger partial charge in [0.1, 0.15) is 0 Å². The highest BCUT2D eigenvalue weighted by molar-refractivity contribution is 8.14. The molecule has 3 aromatic rings. The second-order valence-corrected chi connectivity index (χ2v) is 7.72. The van der Waals surface area contributed by atoms with Gasteiger partial charge in [-0.3, -0.25) is 4.79 Å². The molecule has 0 aliphatic carbocycles. The molecule has 0 aromatic heterocycles. The third-order valence-electron chi connectivity index (χ3n) is 4.24. The van der Waals surface area contributed by atoms with Crippen LogP contribution in [0.1, 0.15) is 11.1 Å². The van der Waals surface area contributed by atoms with Gasteiger partial charge in [-0.25, -0.2) is 4.99 Å². The fraction of sp³-hybridized carbons (Fsp3) is 0.167. The number of nitrogens with zero attached hydrogens (tertiary/aromatic N) is 2. The summed E-state index contributed by atoms with van der Waals surface area (Å²) in [6.45, 7) is 2.75. The van der Waals surface area contributed by atoms with Gasteiger partial charge in [-0.15, -0.1) is 0 Å². The zero-order valence-corrected chi connectivity index (χ0v) is 17.5. The minimum Gasteiger partial charge on any atom is -0.350 e. The van der Waals surface area contributed by atoms with E-state index in [0.29, 0.717) is 5.75 Å². The Bertz CT molecular complexity index is 941. The minimum absolute atomic E-state index is 0.0484. The zero-order valence-electron chi connectivity index (χ0n) is 16.7. The standard InChI is InChI=1S/C24H25N3OS/c1-19-13-15-22(16-14-19)25-23(28)18-29-24(26-21-11-7-4-8-12-21)27(2)17-20-9-5-3-6-10-20/h3-16H,17-18H2,1-2H3,(H,25,28).